The predicted octanol–water partition coefficient (Wildman–Crippen LogP) is 2.16. The molecule has 0 bridgehead atoms. The van der Waals surface area contributed by atoms with Gasteiger partial charge in [-0.05, 0) is 23.3 Å². The molecule has 1 aliphatic heterocycles. The summed E-state index contributed by atoms with van der Waals surface area (Å²) in [6, 6.07) is 5.70. The molecule has 1 heterocycles. The molecule has 1 aromatic rings. The van der Waals surface area contributed by atoms with Gasteiger partial charge < -0.3 is 10.5 Å². The van der Waals surface area contributed by atoms with Crippen LogP contribution in [-0.2, 0) is 17.8 Å². The van der Waals surface area contributed by atoms with E-state index in [1.165, 1.54) is 5.56 Å². The maximum atomic E-state index is 11.9. The lowest BCUT2D eigenvalue weighted by atomic mass is 10.1. The summed E-state index contributed by atoms with van der Waals surface area (Å²) < 4.78 is 40.2. The first-order valence-electron chi connectivity index (χ1n) is 5.68. The van der Waals surface area contributed by atoms with Gasteiger partial charge in [0.1, 0.15) is 6.61 Å². The van der Waals surface area contributed by atoms with Crippen molar-refractivity contribution in [1.82, 2.24) is 4.90 Å². The van der Waals surface area contributed by atoms with E-state index in [0.717, 1.165) is 18.7 Å². The third kappa shape index (κ3) is 3.61. The van der Waals surface area contributed by atoms with Crippen molar-refractivity contribution in [1.29, 1.82) is 0 Å². The molecule has 0 spiro atoms. The van der Waals surface area contributed by atoms with Gasteiger partial charge in [-0.3, -0.25) is 4.90 Å². The number of rotatable bonds is 4. The van der Waals surface area contributed by atoms with Gasteiger partial charge in [0.15, 0.2) is 0 Å². The van der Waals surface area contributed by atoms with Crippen LogP contribution in [-0.4, -0.2) is 30.8 Å². The first-order chi connectivity index (χ1) is 8.44. The van der Waals surface area contributed by atoms with Crippen molar-refractivity contribution in [3.05, 3.63) is 29.3 Å². The second kappa shape index (κ2) is 5.16. The lowest BCUT2D eigenvalue weighted by Gasteiger charge is -2.15. The molecule has 6 heteroatoms. The molecule has 1 aliphatic rings. The summed E-state index contributed by atoms with van der Waals surface area (Å²) in [5.41, 5.74) is 8.71. The molecule has 3 nitrogen and oxygen atoms in total. The largest absolute Gasteiger partial charge is 0.411 e. The minimum absolute atomic E-state index is 0.0863. The number of nitrogen functional groups attached to an aromatic ring is 1. The van der Waals surface area contributed by atoms with Crippen molar-refractivity contribution in [2.45, 2.75) is 19.3 Å². The van der Waals surface area contributed by atoms with Crippen LogP contribution in [0.2, 0.25) is 0 Å². The number of hydrogen-bond donors (Lipinski definition) is 1. The summed E-state index contributed by atoms with van der Waals surface area (Å²) in [6.45, 7) is 0.856. The molecule has 0 aromatic heterocycles. The molecule has 18 heavy (non-hydrogen) atoms. The fourth-order valence-electron chi connectivity index (χ4n) is 2.02. The smallest absolute Gasteiger partial charge is 0.399 e. The van der Waals surface area contributed by atoms with E-state index in [2.05, 4.69) is 4.74 Å². The van der Waals surface area contributed by atoms with Crippen LogP contribution in [0.25, 0.3) is 0 Å². The van der Waals surface area contributed by atoms with Gasteiger partial charge in [0, 0.05) is 25.3 Å². The quantitative estimate of drug-likeness (QED) is 0.666. The standard InChI is InChI=1S/C12H15F3N2O/c13-12(14,15)8-18-4-3-17-6-9-1-2-11(16)5-10(9)7-17/h1-2,5H,3-4,6-8,16H2. The third-order valence-electron chi connectivity index (χ3n) is 2.84. The van der Waals surface area contributed by atoms with E-state index in [0.29, 0.717) is 12.2 Å². The molecule has 0 saturated heterocycles. The van der Waals surface area contributed by atoms with Crippen LogP contribution in [0.1, 0.15) is 11.1 Å². The van der Waals surface area contributed by atoms with Gasteiger partial charge in [0.05, 0.1) is 6.61 Å². The molecule has 0 amide bonds. The summed E-state index contributed by atoms with van der Waals surface area (Å²) in [5.74, 6) is 0. The Bertz CT molecular complexity index is 420. The Morgan fingerprint density at radius 3 is 2.67 bits per heavy atom. The van der Waals surface area contributed by atoms with Crippen molar-refractivity contribution < 1.29 is 17.9 Å². The highest BCUT2D eigenvalue weighted by Gasteiger charge is 2.27. The average molecular weight is 260 g/mol. The molecule has 1 aromatic carbocycles. The Morgan fingerprint density at radius 1 is 1.22 bits per heavy atom. The van der Waals surface area contributed by atoms with Gasteiger partial charge in [-0.2, -0.15) is 13.2 Å². The van der Waals surface area contributed by atoms with E-state index in [9.17, 15) is 13.2 Å². The molecule has 2 N–H and O–H groups in total. The topological polar surface area (TPSA) is 38.5 Å². The highest BCUT2D eigenvalue weighted by atomic mass is 19.4. The van der Waals surface area contributed by atoms with Crippen LogP contribution >= 0.6 is 0 Å². The average Bonchev–Trinajstić information content (AvgIpc) is 2.65. The number of ether oxygens (including phenoxy) is 1. The summed E-state index contributed by atoms with van der Waals surface area (Å²) in [5, 5.41) is 0. The highest BCUT2D eigenvalue weighted by Crippen LogP contribution is 2.24. The first-order valence-corrected chi connectivity index (χ1v) is 5.68. The van der Waals surface area contributed by atoms with Gasteiger partial charge in [0.2, 0.25) is 0 Å². The predicted molar refractivity (Wildman–Crippen MR) is 61.8 cm³/mol. The maximum absolute atomic E-state index is 11.9. The highest BCUT2D eigenvalue weighted by molar-refractivity contribution is 5.46. The Kier molecular flexibility index (Phi) is 3.77. The van der Waals surface area contributed by atoms with E-state index >= 15 is 0 Å². The number of fused-ring (bicyclic) bond motifs is 1. The van der Waals surface area contributed by atoms with E-state index in [1.807, 2.05) is 23.1 Å². The van der Waals surface area contributed by atoms with Crippen LogP contribution < -0.4 is 5.73 Å². The van der Waals surface area contributed by atoms with Gasteiger partial charge in [-0.1, -0.05) is 6.07 Å². The van der Waals surface area contributed by atoms with Gasteiger partial charge >= 0.3 is 6.18 Å². The fourth-order valence-corrected chi connectivity index (χ4v) is 2.02. The number of hydrogen-bond acceptors (Lipinski definition) is 3. The van der Waals surface area contributed by atoms with Crippen molar-refractivity contribution in [3.8, 4) is 0 Å². The normalized spacial score (nSPS) is 15.9. The molecule has 0 atom stereocenters. The second-order valence-corrected chi connectivity index (χ2v) is 4.41. The van der Waals surface area contributed by atoms with Crippen LogP contribution in [0.15, 0.2) is 18.2 Å². The number of benzene rings is 1. The zero-order valence-electron chi connectivity index (χ0n) is 9.83. The molecular formula is C12H15F3N2O. The number of halogens is 3. The van der Waals surface area contributed by atoms with Crippen LogP contribution in [0.4, 0.5) is 18.9 Å². The maximum Gasteiger partial charge on any atom is 0.411 e. The zero-order chi connectivity index (χ0) is 13.2. The van der Waals surface area contributed by atoms with Crippen molar-refractivity contribution in [2.75, 3.05) is 25.5 Å². The molecular weight excluding hydrogens is 245 g/mol. The molecule has 2 rings (SSSR count). The first kappa shape index (κ1) is 13.2. The summed E-state index contributed by atoms with van der Waals surface area (Å²) >= 11 is 0. The zero-order valence-corrected chi connectivity index (χ0v) is 9.83. The van der Waals surface area contributed by atoms with Crippen molar-refractivity contribution >= 4 is 5.69 Å². The van der Waals surface area contributed by atoms with E-state index < -0.39 is 12.8 Å². The summed E-state index contributed by atoms with van der Waals surface area (Å²) in [6.07, 6.45) is -4.25. The van der Waals surface area contributed by atoms with Gasteiger partial charge in [-0.15, -0.1) is 0 Å². The second-order valence-electron chi connectivity index (χ2n) is 4.41. The van der Waals surface area contributed by atoms with E-state index in [-0.39, 0.29) is 6.61 Å². The minimum Gasteiger partial charge on any atom is -0.399 e. The lowest BCUT2D eigenvalue weighted by molar-refractivity contribution is -0.174. The number of anilines is 1. The molecule has 0 unspecified atom stereocenters. The summed E-state index contributed by atoms with van der Waals surface area (Å²) in [4.78, 5) is 2.04. The number of nitrogens with two attached hydrogens (primary N) is 1. The van der Waals surface area contributed by atoms with Crippen LogP contribution in [0.3, 0.4) is 0 Å². The monoisotopic (exact) mass is 260 g/mol. The van der Waals surface area contributed by atoms with Crippen molar-refractivity contribution in [3.63, 3.8) is 0 Å². The van der Waals surface area contributed by atoms with Crippen molar-refractivity contribution in [2.24, 2.45) is 0 Å². The van der Waals surface area contributed by atoms with Crippen LogP contribution in [0.5, 0.6) is 0 Å². The molecule has 0 aliphatic carbocycles. The Labute approximate surface area is 103 Å². The third-order valence-corrected chi connectivity index (χ3v) is 2.84. The van der Waals surface area contributed by atoms with Gasteiger partial charge in [-0.25, -0.2) is 0 Å². The van der Waals surface area contributed by atoms with Crippen LogP contribution in [0, 0.1) is 0 Å². The lowest BCUT2D eigenvalue weighted by Crippen LogP contribution is -2.25. The Morgan fingerprint density at radius 2 is 1.94 bits per heavy atom. The number of nitrogens with zero attached hydrogens (tertiary/aromatic N) is 1. The fraction of sp³-hybridized carbons (Fsp3) is 0.500. The Balaban J connectivity index is 1.75. The Hall–Kier alpha value is -1.27. The SMILES string of the molecule is Nc1ccc2c(c1)CN(CCOCC(F)(F)F)C2. The number of alkyl halides is 3. The molecule has 0 radical (unpaired) electrons. The van der Waals surface area contributed by atoms with Gasteiger partial charge in [0.25, 0.3) is 0 Å². The van der Waals surface area contributed by atoms with E-state index in [4.69, 9.17) is 5.73 Å². The molecule has 0 saturated carbocycles. The van der Waals surface area contributed by atoms with E-state index in [1.54, 1.807) is 0 Å². The molecule has 100 valence electrons. The minimum atomic E-state index is -4.25. The molecule has 0 fully saturated rings. The summed E-state index contributed by atoms with van der Waals surface area (Å²) in [7, 11) is 0.